The number of hydrogen-bond donors (Lipinski definition) is 1. The lowest BCUT2D eigenvalue weighted by molar-refractivity contribution is 0.216. The molecule has 1 rings (SSSR count). The van der Waals surface area contributed by atoms with Crippen LogP contribution in [0.1, 0.15) is 19.3 Å². The summed E-state index contributed by atoms with van der Waals surface area (Å²) in [7, 11) is -1.74. The Morgan fingerprint density at radius 2 is 2.21 bits per heavy atom. The van der Waals surface area contributed by atoms with Crippen LogP contribution in [0.25, 0.3) is 0 Å². The maximum Gasteiger partial charge on any atom is 0.214 e. The zero-order valence-electron chi connectivity index (χ0n) is 8.20. The van der Waals surface area contributed by atoms with Crippen molar-refractivity contribution in [1.82, 2.24) is 4.72 Å². The van der Waals surface area contributed by atoms with Crippen molar-refractivity contribution in [2.75, 3.05) is 19.5 Å². The second-order valence-corrected chi connectivity index (χ2v) is 5.92. The highest BCUT2D eigenvalue weighted by Crippen LogP contribution is 2.24. The van der Waals surface area contributed by atoms with Gasteiger partial charge in [-0.15, -0.1) is 11.6 Å². The van der Waals surface area contributed by atoms with Crippen molar-refractivity contribution < 1.29 is 13.2 Å². The number of hydrogen-bond acceptors (Lipinski definition) is 3. The minimum atomic E-state index is -3.22. The summed E-state index contributed by atoms with van der Waals surface area (Å²) < 4.78 is 30.2. The molecule has 0 heterocycles. The molecular weight excluding hydrogens is 226 g/mol. The van der Waals surface area contributed by atoms with Gasteiger partial charge in [-0.3, -0.25) is 0 Å². The lowest BCUT2D eigenvalue weighted by Gasteiger charge is -2.15. The zero-order chi connectivity index (χ0) is 10.6. The van der Waals surface area contributed by atoms with Crippen molar-refractivity contribution in [3.05, 3.63) is 0 Å². The van der Waals surface area contributed by atoms with Crippen LogP contribution in [-0.2, 0) is 14.8 Å². The summed E-state index contributed by atoms with van der Waals surface area (Å²) in [6, 6.07) is -0.0986. The van der Waals surface area contributed by atoms with Gasteiger partial charge in [-0.05, 0) is 12.8 Å². The Kier molecular flexibility index (Phi) is 4.63. The van der Waals surface area contributed by atoms with Crippen LogP contribution in [0, 0.1) is 0 Å². The van der Waals surface area contributed by atoms with Gasteiger partial charge in [-0.2, -0.15) is 0 Å². The van der Waals surface area contributed by atoms with Gasteiger partial charge >= 0.3 is 0 Å². The molecule has 84 valence electrons. The monoisotopic (exact) mass is 241 g/mol. The summed E-state index contributed by atoms with van der Waals surface area (Å²) in [6.07, 6.45) is 2.71. The maximum atomic E-state index is 11.4. The molecule has 0 aromatic rings. The first-order valence-electron chi connectivity index (χ1n) is 4.68. The number of methoxy groups -OCH3 is 1. The first-order valence-corrected chi connectivity index (χ1v) is 6.77. The van der Waals surface area contributed by atoms with Gasteiger partial charge in [0.15, 0.2) is 0 Å². The number of sulfonamides is 1. The molecule has 0 aliphatic heterocycles. The standard InChI is InChI=1S/C8H16ClNO3S/c1-13-5-6-14(11,12)10-8-4-2-3-7(8)9/h7-8,10H,2-6H2,1H3. The molecule has 6 heteroatoms. The summed E-state index contributed by atoms with van der Waals surface area (Å²) in [5.41, 5.74) is 0. The normalized spacial score (nSPS) is 28.1. The molecule has 1 aliphatic rings. The van der Waals surface area contributed by atoms with Gasteiger partial charge in [-0.1, -0.05) is 6.42 Å². The summed E-state index contributed by atoms with van der Waals surface area (Å²) in [5, 5.41) is -0.0627. The molecule has 2 unspecified atom stereocenters. The lowest BCUT2D eigenvalue weighted by Crippen LogP contribution is -2.39. The predicted molar refractivity (Wildman–Crippen MR) is 56.1 cm³/mol. The SMILES string of the molecule is COCCS(=O)(=O)NC1CCCC1Cl. The Labute approximate surface area is 90.0 Å². The Hall–Kier alpha value is 0.160. The number of halogens is 1. The van der Waals surface area contributed by atoms with E-state index in [1.54, 1.807) is 0 Å². The number of alkyl halides is 1. The molecular formula is C8H16ClNO3S. The third-order valence-corrected chi connectivity index (χ3v) is 4.21. The average Bonchev–Trinajstić information content (AvgIpc) is 2.48. The highest BCUT2D eigenvalue weighted by Gasteiger charge is 2.28. The fourth-order valence-corrected chi connectivity index (χ4v) is 3.20. The van der Waals surface area contributed by atoms with E-state index in [0.29, 0.717) is 0 Å². The Balaban J connectivity index is 2.42. The Bertz CT molecular complexity index is 268. The molecule has 1 saturated carbocycles. The van der Waals surface area contributed by atoms with Crippen molar-refractivity contribution in [3.8, 4) is 0 Å². The zero-order valence-corrected chi connectivity index (χ0v) is 9.77. The second kappa shape index (κ2) is 5.30. The summed E-state index contributed by atoms with van der Waals surface area (Å²) in [4.78, 5) is 0. The minimum Gasteiger partial charge on any atom is -0.384 e. The van der Waals surface area contributed by atoms with E-state index in [9.17, 15) is 8.42 Å². The fourth-order valence-electron chi connectivity index (χ4n) is 1.53. The van der Waals surface area contributed by atoms with Gasteiger partial charge in [-0.25, -0.2) is 13.1 Å². The molecule has 0 aromatic carbocycles. The van der Waals surface area contributed by atoms with Crippen LogP contribution < -0.4 is 4.72 Å². The van der Waals surface area contributed by atoms with Gasteiger partial charge in [0.05, 0.1) is 12.4 Å². The van der Waals surface area contributed by atoms with E-state index < -0.39 is 10.0 Å². The second-order valence-electron chi connectivity index (χ2n) is 3.48. The third-order valence-electron chi connectivity index (χ3n) is 2.32. The Morgan fingerprint density at radius 3 is 2.71 bits per heavy atom. The van der Waals surface area contributed by atoms with Crippen LogP contribution in [0.4, 0.5) is 0 Å². The van der Waals surface area contributed by atoms with Crippen molar-refractivity contribution in [2.24, 2.45) is 0 Å². The molecule has 0 amide bonds. The van der Waals surface area contributed by atoms with E-state index in [0.717, 1.165) is 19.3 Å². The summed E-state index contributed by atoms with van der Waals surface area (Å²) >= 11 is 5.96. The Morgan fingerprint density at radius 1 is 1.50 bits per heavy atom. The lowest BCUT2D eigenvalue weighted by atomic mass is 10.3. The molecule has 4 nitrogen and oxygen atoms in total. The predicted octanol–water partition coefficient (Wildman–Crippen LogP) is 0.712. The quantitative estimate of drug-likeness (QED) is 0.722. The van der Waals surface area contributed by atoms with Crippen LogP contribution in [-0.4, -0.2) is 39.3 Å². The van der Waals surface area contributed by atoms with Crippen LogP contribution in [0.5, 0.6) is 0 Å². The molecule has 1 N–H and O–H groups in total. The van der Waals surface area contributed by atoms with E-state index >= 15 is 0 Å². The average molecular weight is 242 g/mol. The van der Waals surface area contributed by atoms with E-state index in [1.807, 2.05) is 0 Å². The molecule has 0 aromatic heterocycles. The first-order chi connectivity index (χ1) is 6.55. The number of nitrogens with one attached hydrogen (secondary N) is 1. The van der Waals surface area contributed by atoms with Gasteiger partial charge in [0, 0.05) is 18.5 Å². The van der Waals surface area contributed by atoms with Gasteiger partial charge < -0.3 is 4.74 Å². The number of ether oxygens (including phenoxy) is 1. The smallest absolute Gasteiger partial charge is 0.214 e. The molecule has 2 atom stereocenters. The largest absolute Gasteiger partial charge is 0.384 e. The van der Waals surface area contributed by atoms with Gasteiger partial charge in [0.2, 0.25) is 10.0 Å². The van der Waals surface area contributed by atoms with Crippen LogP contribution in [0.3, 0.4) is 0 Å². The van der Waals surface area contributed by atoms with E-state index in [4.69, 9.17) is 16.3 Å². The molecule has 0 saturated heterocycles. The highest BCUT2D eigenvalue weighted by atomic mass is 35.5. The van der Waals surface area contributed by atoms with Gasteiger partial charge in [0.1, 0.15) is 0 Å². The maximum absolute atomic E-state index is 11.4. The summed E-state index contributed by atoms with van der Waals surface area (Å²) in [6.45, 7) is 0.217. The first kappa shape index (κ1) is 12.2. The number of rotatable bonds is 5. The molecule has 1 aliphatic carbocycles. The molecule has 0 spiro atoms. The van der Waals surface area contributed by atoms with E-state index in [1.165, 1.54) is 7.11 Å². The molecule has 1 fully saturated rings. The van der Waals surface area contributed by atoms with E-state index in [-0.39, 0.29) is 23.8 Å². The summed E-state index contributed by atoms with van der Waals surface area (Å²) in [5.74, 6) is 0.00358. The van der Waals surface area contributed by atoms with Crippen LogP contribution in [0.2, 0.25) is 0 Å². The topological polar surface area (TPSA) is 55.4 Å². The van der Waals surface area contributed by atoms with Crippen molar-refractivity contribution in [1.29, 1.82) is 0 Å². The fraction of sp³-hybridized carbons (Fsp3) is 1.00. The molecule has 0 bridgehead atoms. The minimum absolute atomic E-state index is 0.00358. The molecule has 0 radical (unpaired) electrons. The molecule has 14 heavy (non-hydrogen) atoms. The van der Waals surface area contributed by atoms with Crippen LogP contribution in [0.15, 0.2) is 0 Å². The van der Waals surface area contributed by atoms with Gasteiger partial charge in [0.25, 0.3) is 0 Å². The van der Waals surface area contributed by atoms with Crippen molar-refractivity contribution in [2.45, 2.75) is 30.7 Å². The van der Waals surface area contributed by atoms with Crippen molar-refractivity contribution in [3.63, 3.8) is 0 Å². The van der Waals surface area contributed by atoms with Crippen molar-refractivity contribution >= 4 is 21.6 Å². The third kappa shape index (κ3) is 3.73. The highest BCUT2D eigenvalue weighted by molar-refractivity contribution is 7.89. The van der Waals surface area contributed by atoms with Crippen LogP contribution >= 0.6 is 11.6 Å². The van der Waals surface area contributed by atoms with E-state index in [2.05, 4.69) is 4.72 Å².